The molecule has 0 saturated carbocycles. The molecule has 1 aromatic rings. The Morgan fingerprint density at radius 1 is 1.15 bits per heavy atom. The number of benzene rings is 1. The van der Waals surface area contributed by atoms with Crippen molar-refractivity contribution in [1.82, 2.24) is 0 Å². The molecule has 0 amide bonds. The van der Waals surface area contributed by atoms with Gasteiger partial charge < -0.3 is 5.32 Å². The maximum atomic E-state index is 3.14. The highest BCUT2D eigenvalue weighted by molar-refractivity contribution is 5.52. The predicted octanol–water partition coefficient (Wildman–Crippen LogP) is 3.76. The standard InChI is InChI=1S/C9H13N.C3H8/c1-7-5-4-6-9(10-3)8(7)2;1-3-2/h4-6,10H,1-3H3;3H2,1-2H3. The largest absolute Gasteiger partial charge is 0.388 e. The summed E-state index contributed by atoms with van der Waals surface area (Å²) in [6.45, 7) is 8.50. The lowest BCUT2D eigenvalue weighted by Crippen LogP contribution is -1.92. The van der Waals surface area contributed by atoms with Gasteiger partial charge in [-0.3, -0.25) is 0 Å². The first-order chi connectivity index (χ1) is 6.17. The summed E-state index contributed by atoms with van der Waals surface area (Å²) in [6, 6.07) is 6.27. The van der Waals surface area contributed by atoms with Gasteiger partial charge in [0.2, 0.25) is 0 Å². The molecular weight excluding hydrogens is 158 g/mol. The Bertz CT molecular complexity index is 241. The number of aryl methyl sites for hydroxylation is 1. The molecule has 0 aliphatic rings. The fourth-order valence-electron chi connectivity index (χ4n) is 1.02. The van der Waals surface area contributed by atoms with E-state index in [0.717, 1.165) is 0 Å². The molecule has 0 bridgehead atoms. The van der Waals surface area contributed by atoms with Crippen molar-refractivity contribution in [2.24, 2.45) is 0 Å². The summed E-state index contributed by atoms with van der Waals surface area (Å²) in [5.74, 6) is 0. The zero-order chi connectivity index (χ0) is 10.3. The Kier molecular flexibility index (Phi) is 6.03. The molecule has 1 heteroatoms. The van der Waals surface area contributed by atoms with Crippen LogP contribution in [0.5, 0.6) is 0 Å². The fraction of sp³-hybridized carbons (Fsp3) is 0.500. The van der Waals surface area contributed by atoms with Crippen molar-refractivity contribution in [2.45, 2.75) is 34.1 Å². The van der Waals surface area contributed by atoms with Crippen LogP contribution in [-0.2, 0) is 0 Å². The van der Waals surface area contributed by atoms with Crippen LogP contribution in [0.25, 0.3) is 0 Å². The van der Waals surface area contributed by atoms with Gasteiger partial charge in [-0.1, -0.05) is 32.4 Å². The van der Waals surface area contributed by atoms with Crippen LogP contribution in [0.4, 0.5) is 5.69 Å². The van der Waals surface area contributed by atoms with Gasteiger partial charge in [0.15, 0.2) is 0 Å². The molecule has 0 radical (unpaired) electrons. The van der Waals surface area contributed by atoms with Crippen LogP contribution in [-0.4, -0.2) is 7.05 Å². The highest BCUT2D eigenvalue weighted by Gasteiger charge is 1.95. The van der Waals surface area contributed by atoms with Crippen molar-refractivity contribution in [3.63, 3.8) is 0 Å². The lowest BCUT2D eigenvalue weighted by molar-refractivity contribution is 1.09. The second-order valence-corrected chi connectivity index (χ2v) is 3.20. The number of hydrogen-bond acceptors (Lipinski definition) is 1. The van der Waals surface area contributed by atoms with E-state index < -0.39 is 0 Å². The normalized spacial score (nSPS) is 8.69. The van der Waals surface area contributed by atoms with Gasteiger partial charge in [0.1, 0.15) is 0 Å². The van der Waals surface area contributed by atoms with Crippen molar-refractivity contribution < 1.29 is 0 Å². The summed E-state index contributed by atoms with van der Waals surface area (Å²) < 4.78 is 0. The number of rotatable bonds is 1. The zero-order valence-corrected chi connectivity index (χ0v) is 9.44. The van der Waals surface area contributed by atoms with Crippen molar-refractivity contribution in [3.05, 3.63) is 29.3 Å². The highest BCUT2D eigenvalue weighted by Crippen LogP contribution is 2.16. The monoisotopic (exact) mass is 179 g/mol. The first-order valence-corrected chi connectivity index (χ1v) is 4.91. The van der Waals surface area contributed by atoms with Gasteiger partial charge in [0.05, 0.1) is 0 Å². The Balaban J connectivity index is 0.000000424. The number of anilines is 1. The zero-order valence-electron chi connectivity index (χ0n) is 9.44. The molecule has 0 atom stereocenters. The average Bonchev–Trinajstić information content (AvgIpc) is 2.11. The maximum Gasteiger partial charge on any atom is 0.0369 e. The molecule has 0 unspecified atom stereocenters. The van der Waals surface area contributed by atoms with Crippen LogP contribution >= 0.6 is 0 Å². The number of hydrogen-bond donors (Lipinski definition) is 1. The van der Waals surface area contributed by atoms with Crippen LogP contribution in [0.15, 0.2) is 18.2 Å². The Labute approximate surface area is 82.2 Å². The lowest BCUT2D eigenvalue weighted by atomic mass is 10.1. The van der Waals surface area contributed by atoms with Gasteiger partial charge in [0, 0.05) is 12.7 Å². The number of nitrogens with one attached hydrogen (secondary N) is 1. The Hall–Kier alpha value is -0.980. The molecular formula is C12H21N. The van der Waals surface area contributed by atoms with E-state index in [-0.39, 0.29) is 0 Å². The third-order valence-electron chi connectivity index (χ3n) is 1.87. The summed E-state index contributed by atoms with van der Waals surface area (Å²) in [6.07, 6.45) is 1.25. The molecule has 13 heavy (non-hydrogen) atoms. The minimum atomic E-state index is 1.22. The smallest absolute Gasteiger partial charge is 0.0369 e. The van der Waals surface area contributed by atoms with Crippen molar-refractivity contribution in [3.8, 4) is 0 Å². The van der Waals surface area contributed by atoms with E-state index in [2.05, 4.69) is 51.2 Å². The van der Waals surface area contributed by atoms with Gasteiger partial charge in [-0.05, 0) is 31.0 Å². The van der Waals surface area contributed by atoms with E-state index in [0.29, 0.717) is 0 Å². The third-order valence-corrected chi connectivity index (χ3v) is 1.87. The summed E-state index contributed by atoms with van der Waals surface area (Å²) in [4.78, 5) is 0. The minimum absolute atomic E-state index is 1.22. The lowest BCUT2D eigenvalue weighted by Gasteiger charge is -2.06. The van der Waals surface area contributed by atoms with Crippen LogP contribution in [0.1, 0.15) is 31.4 Å². The van der Waals surface area contributed by atoms with Crippen LogP contribution in [0.3, 0.4) is 0 Å². The van der Waals surface area contributed by atoms with E-state index in [4.69, 9.17) is 0 Å². The molecule has 0 heterocycles. The van der Waals surface area contributed by atoms with Gasteiger partial charge in [0.25, 0.3) is 0 Å². The molecule has 0 spiro atoms. The quantitative estimate of drug-likeness (QED) is 0.692. The summed E-state index contributed by atoms with van der Waals surface area (Å²) in [7, 11) is 1.95. The minimum Gasteiger partial charge on any atom is -0.388 e. The van der Waals surface area contributed by atoms with Gasteiger partial charge in [-0.25, -0.2) is 0 Å². The highest BCUT2D eigenvalue weighted by atomic mass is 14.8. The molecule has 1 rings (SSSR count). The van der Waals surface area contributed by atoms with E-state index in [9.17, 15) is 0 Å². The molecule has 74 valence electrons. The molecule has 0 aliphatic heterocycles. The topological polar surface area (TPSA) is 12.0 Å². The van der Waals surface area contributed by atoms with E-state index in [1.807, 2.05) is 7.05 Å². The Morgan fingerprint density at radius 2 is 1.69 bits per heavy atom. The molecule has 0 aliphatic carbocycles. The van der Waals surface area contributed by atoms with E-state index >= 15 is 0 Å². The van der Waals surface area contributed by atoms with Crippen LogP contribution < -0.4 is 5.32 Å². The first-order valence-electron chi connectivity index (χ1n) is 4.91. The predicted molar refractivity (Wildman–Crippen MR) is 61.4 cm³/mol. The van der Waals surface area contributed by atoms with E-state index in [1.165, 1.54) is 23.2 Å². The molecule has 0 aromatic heterocycles. The third kappa shape index (κ3) is 3.97. The van der Waals surface area contributed by atoms with Gasteiger partial charge in [-0.15, -0.1) is 0 Å². The molecule has 1 aromatic carbocycles. The molecule has 1 N–H and O–H groups in total. The average molecular weight is 179 g/mol. The first kappa shape index (κ1) is 12.0. The maximum absolute atomic E-state index is 3.14. The van der Waals surface area contributed by atoms with Gasteiger partial charge in [-0.2, -0.15) is 0 Å². The fourth-order valence-corrected chi connectivity index (χ4v) is 1.02. The molecule has 0 fully saturated rings. The van der Waals surface area contributed by atoms with Crippen molar-refractivity contribution >= 4 is 5.69 Å². The second-order valence-electron chi connectivity index (χ2n) is 3.20. The van der Waals surface area contributed by atoms with E-state index in [1.54, 1.807) is 0 Å². The van der Waals surface area contributed by atoms with Crippen LogP contribution in [0.2, 0.25) is 0 Å². The van der Waals surface area contributed by atoms with Crippen molar-refractivity contribution in [2.75, 3.05) is 12.4 Å². The molecule has 0 saturated heterocycles. The van der Waals surface area contributed by atoms with Crippen LogP contribution in [0, 0.1) is 13.8 Å². The molecule has 1 nitrogen and oxygen atoms in total. The SMILES string of the molecule is CCC.CNc1cccc(C)c1C. The summed E-state index contributed by atoms with van der Waals surface area (Å²) >= 11 is 0. The summed E-state index contributed by atoms with van der Waals surface area (Å²) in [5, 5.41) is 3.14. The van der Waals surface area contributed by atoms with Crippen molar-refractivity contribution in [1.29, 1.82) is 0 Å². The summed E-state index contributed by atoms with van der Waals surface area (Å²) in [5.41, 5.74) is 3.90. The van der Waals surface area contributed by atoms with Gasteiger partial charge >= 0.3 is 0 Å². The Morgan fingerprint density at radius 3 is 2.08 bits per heavy atom. The second kappa shape index (κ2) is 6.53.